The number of allylic oxidation sites excluding steroid dienone is 4. The standard InChI is InChI=1S/C24H30N2/c1-15-16(2)18(4)23(17(15)3)24(21-9-5-7-19(11-21)13-25)22-10-6-8-20(12-22)14-26/h5-12,23-24H,13-14,25-26H2,1-4H3. The van der Waals surface area contributed by atoms with Crippen molar-refractivity contribution < 1.29 is 0 Å². The molecule has 0 radical (unpaired) electrons. The van der Waals surface area contributed by atoms with Gasteiger partial charge < -0.3 is 11.5 Å². The summed E-state index contributed by atoms with van der Waals surface area (Å²) in [6, 6.07) is 17.5. The van der Waals surface area contributed by atoms with Gasteiger partial charge in [-0.15, -0.1) is 0 Å². The van der Waals surface area contributed by atoms with Gasteiger partial charge in [-0.1, -0.05) is 59.7 Å². The van der Waals surface area contributed by atoms with E-state index >= 15 is 0 Å². The normalized spacial score (nSPS) is 15.5. The third-order valence-electron chi connectivity index (χ3n) is 6.10. The minimum atomic E-state index is 0.278. The van der Waals surface area contributed by atoms with Crippen molar-refractivity contribution in [3.63, 3.8) is 0 Å². The van der Waals surface area contributed by atoms with Crippen LogP contribution < -0.4 is 11.5 Å². The predicted octanol–water partition coefficient (Wildman–Crippen LogP) is 5.04. The molecule has 1 aliphatic rings. The molecule has 2 aromatic carbocycles. The average molecular weight is 347 g/mol. The van der Waals surface area contributed by atoms with E-state index in [1.54, 1.807) is 0 Å². The van der Waals surface area contributed by atoms with Crippen molar-refractivity contribution in [2.75, 3.05) is 0 Å². The first-order chi connectivity index (χ1) is 12.5. The molecule has 0 spiro atoms. The molecule has 0 unspecified atom stereocenters. The largest absolute Gasteiger partial charge is 0.326 e. The summed E-state index contributed by atoms with van der Waals surface area (Å²) >= 11 is 0. The summed E-state index contributed by atoms with van der Waals surface area (Å²) in [6.07, 6.45) is 0. The summed E-state index contributed by atoms with van der Waals surface area (Å²) in [6.45, 7) is 10.2. The van der Waals surface area contributed by atoms with Gasteiger partial charge in [-0.3, -0.25) is 0 Å². The van der Waals surface area contributed by atoms with Crippen LogP contribution in [0.1, 0.15) is 55.9 Å². The summed E-state index contributed by atoms with van der Waals surface area (Å²) in [7, 11) is 0. The first-order valence-electron chi connectivity index (χ1n) is 9.40. The van der Waals surface area contributed by atoms with Crippen LogP contribution in [0.25, 0.3) is 0 Å². The van der Waals surface area contributed by atoms with E-state index in [9.17, 15) is 0 Å². The zero-order valence-electron chi connectivity index (χ0n) is 16.3. The zero-order chi connectivity index (χ0) is 18.8. The fourth-order valence-electron chi connectivity index (χ4n) is 4.29. The number of hydrogen-bond donors (Lipinski definition) is 2. The highest BCUT2D eigenvalue weighted by atomic mass is 14.5. The summed E-state index contributed by atoms with van der Waals surface area (Å²) in [5.41, 5.74) is 22.7. The Morgan fingerprint density at radius 1 is 0.731 bits per heavy atom. The number of nitrogens with two attached hydrogens (primary N) is 2. The summed E-state index contributed by atoms with van der Waals surface area (Å²) in [5, 5.41) is 0. The van der Waals surface area contributed by atoms with Crippen molar-refractivity contribution in [3.05, 3.63) is 93.1 Å². The van der Waals surface area contributed by atoms with Crippen LogP contribution in [0.3, 0.4) is 0 Å². The molecule has 0 fully saturated rings. The Kier molecular flexibility index (Phi) is 5.45. The Balaban J connectivity index is 2.20. The molecule has 0 atom stereocenters. The van der Waals surface area contributed by atoms with Crippen molar-refractivity contribution >= 4 is 0 Å². The van der Waals surface area contributed by atoms with Crippen molar-refractivity contribution in [2.24, 2.45) is 17.4 Å². The van der Waals surface area contributed by atoms with E-state index in [0.29, 0.717) is 19.0 Å². The number of hydrogen-bond acceptors (Lipinski definition) is 2. The van der Waals surface area contributed by atoms with Crippen LogP contribution in [-0.2, 0) is 13.1 Å². The molecule has 4 N–H and O–H groups in total. The Bertz CT molecular complexity index is 802. The highest BCUT2D eigenvalue weighted by Crippen LogP contribution is 2.47. The van der Waals surface area contributed by atoms with E-state index in [1.165, 1.54) is 44.5 Å². The van der Waals surface area contributed by atoms with Gasteiger partial charge in [0.1, 0.15) is 0 Å². The third kappa shape index (κ3) is 3.27. The molecule has 0 aliphatic heterocycles. The Hall–Kier alpha value is -2.16. The predicted molar refractivity (Wildman–Crippen MR) is 111 cm³/mol. The maximum Gasteiger partial charge on any atom is 0.0193 e. The quantitative estimate of drug-likeness (QED) is 0.797. The monoisotopic (exact) mass is 346 g/mol. The Morgan fingerprint density at radius 2 is 1.15 bits per heavy atom. The van der Waals surface area contributed by atoms with E-state index in [0.717, 1.165) is 0 Å². The van der Waals surface area contributed by atoms with Crippen LogP contribution in [0, 0.1) is 5.92 Å². The lowest BCUT2D eigenvalue weighted by molar-refractivity contribution is 0.622. The summed E-state index contributed by atoms with van der Waals surface area (Å²) < 4.78 is 0. The minimum Gasteiger partial charge on any atom is -0.326 e. The lowest BCUT2D eigenvalue weighted by atomic mass is 9.75. The number of benzene rings is 2. The van der Waals surface area contributed by atoms with Crippen LogP contribution in [-0.4, -0.2) is 0 Å². The van der Waals surface area contributed by atoms with Gasteiger partial charge in [-0.25, -0.2) is 0 Å². The van der Waals surface area contributed by atoms with Gasteiger partial charge >= 0.3 is 0 Å². The SMILES string of the molecule is CC1=C(C)C(C(c2cccc(CN)c2)c2cccc(CN)c2)C(C)=C1C. The lowest BCUT2D eigenvalue weighted by Crippen LogP contribution is -2.17. The van der Waals surface area contributed by atoms with Gasteiger partial charge in [0, 0.05) is 24.9 Å². The minimum absolute atomic E-state index is 0.278. The molecule has 0 amide bonds. The Morgan fingerprint density at radius 3 is 1.54 bits per heavy atom. The van der Waals surface area contributed by atoms with Gasteiger partial charge in [0.15, 0.2) is 0 Å². The first kappa shape index (κ1) is 18.6. The zero-order valence-corrected chi connectivity index (χ0v) is 16.3. The third-order valence-corrected chi connectivity index (χ3v) is 6.10. The Labute approximate surface area is 157 Å². The molecule has 3 rings (SSSR count). The second kappa shape index (κ2) is 7.61. The van der Waals surface area contributed by atoms with Crippen molar-refractivity contribution in [2.45, 2.75) is 46.7 Å². The topological polar surface area (TPSA) is 52.0 Å². The second-order valence-corrected chi connectivity index (χ2v) is 7.47. The molecule has 2 heteroatoms. The fraction of sp³-hybridized carbons (Fsp3) is 0.333. The van der Waals surface area contributed by atoms with Crippen LogP contribution in [0.4, 0.5) is 0 Å². The van der Waals surface area contributed by atoms with Crippen LogP contribution in [0.5, 0.6) is 0 Å². The molecule has 2 aromatic rings. The van der Waals surface area contributed by atoms with E-state index in [4.69, 9.17) is 11.5 Å². The average Bonchev–Trinajstić information content (AvgIpc) is 2.86. The van der Waals surface area contributed by atoms with Crippen molar-refractivity contribution in [1.29, 1.82) is 0 Å². The molecule has 0 bridgehead atoms. The second-order valence-electron chi connectivity index (χ2n) is 7.47. The van der Waals surface area contributed by atoms with Gasteiger partial charge in [-0.05, 0) is 61.1 Å². The van der Waals surface area contributed by atoms with Crippen LogP contribution in [0.15, 0.2) is 70.8 Å². The summed E-state index contributed by atoms with van der Waals surface area (Å²) in [4.78, 5) is 0. The van der Waals surface area contributed by atoms with Crippen LogP contribution >= 0.6 is 0 Å². The molecule has 0 saturated heterocycles. The number of rotatable bonds is 5. The lowest BCUT2D eigenvalue weighted by Gasteiger charge is -2.29. The fourth-order valence-corrected chi connectivity index (χ4v) is 4.29. The van der Waals surface area contributed by atoms with Crippen LogP contribution in [0.2, 0.25) is 0 Å². The molecule has 136 valence electrons. The van der Waals surface area contributed by atoms with E-state index in [1.807, 2.05) is 0 Å². The van der Waals surface area contributed by atoms with E-state index in [2.05, 4.69) is 76.2 Å². The van der Waals surface area contributed by atoms with Gasteiger partial charge in [-0.2, -0.15) is 0 Å². The molecule has 26 heavy (non-hydrogen) atoms. The molecular formula is C24H30N2. The molecule has 2 nitrogen and oxygen atoms in total. The maximum atomic E-state index is 5.92. The molecule has 1 aliphatic carbocycles. The smallest absolute Gasteiger partial charge is 0.0193 e. The van der Waals surface area contributed by atoms with Crippen molar-refractivity contribution in [1.82, 2.24) is 0 Å². The molecule has 0 aromatic heterocycles. The highest BCUT2D eigenvalue weighted by Gasteiger charge is 2.33. The highest BCUT2D eigenvalue weighted by molar-refractivity contribution is 5.52. The summed E-state index contributed by atoms with van der Waals surface area (Å²) in [5.74, 6) is 0.663. The van der Waals surface area contributed by atoms with Gasteiger partial charge in [0.25, 0.3) is 0 Å². The van der Waals surface area contributed by atoms with E-state index in [-0.39, 0.29) is 5.92 Å². The molecule has 0 saturated carbocycles. The van der Waals surface area contributed by atoms with Crippen molar-refractivity contribution in [3.8, 4) is 0 Å². The molecule has 0 heterocycles. The van der Waals surface area contributed by atoms with E-state index < -0.39 is 0 Å². The molecular weight excluding hydrogens is 316 g/mol. The van der Waals surface area contributed by atoms with Gasteiger partial charge in [0.2, 0.25) is 0 Å². The van der Waals surface area contributed by atoms with Gasteiger partial charge in [0.05, 0.1) is 0 Å². The first-order valence-corrected chi connectivity index (χ1v) is 9.40. The maximum absolute atomic E-state index is 5.92.